The minimum absolute atomic E-state index is 0.121. The Bertz CT molecular complexity index is 942. The molecule has 1 N–H and O–H groups in total. The molecule has 0 aliphatic carbocycles. The number of likely N-dealkylation sites (tertiary alicyclic amines) is 1. The van der Waals surface area contributed by atoms with E-state index in [2.05, 4.69) is 0 Å². The number of nitrogens with zero attached hydrogens (tertiary/aromatic N) is 1. The third-order valence-electron chi connectivity index (χ3n) is 6.28. The van der Waals surface area contributed by atoms with E-state index in [4.69, 9.17) is 4.74 Å². The summed E-state index contributed by atoms with van der Waals surface area (Å²) >= 11 is 0. The van der Waals surface area contributed by atoms with Crippen LogP contribution in [0.1, 0.15) is 11.1 Å². The lowest BCUT2D eigenvalue weighted by atomic mass is 9.74. The highest BCUT2D eigenvalue weighted by Gasteiger charge is 2.70. The molecule has 2 aromatic rings. The minimum Gasteiger partial charge on any atom is -0.481 e. The maximum absolute atomic E-state index is 13.4. The van der Waals surface area contributed by atoms with Gasteiger partial charge in [-0.05, 0) is 17.5 Å². The first-order chi connectivity index (χ1) is 13.6. The van der Waals surface area contributed by atoms with Crippen LogP contribution in [0.4, 0.5) is 0 Å². The van der Waals surface area contributed by atoms with Gasteiger partial charge in [-0.15, -0.1) is 0 Å². The summed E-state index contributed by atoms with van der Waals surface area (Å²) in [6, 6.07) is 19.6. The predicted molar refractivity (Wildman–Crippen MR) is 102 cm³/mol. The Labute approximate surface area is 163 Å². The molecule has 1 spiro atoms. The van der Waals surface area contributed by atoms with Gasteiger partial charge in [0, 0.05) is 6.54 Å². The summed E-state index contributed by atoms with van der Waals surface area (Å²) in [4.78, 5) is 27.2. The lowest BCUT2D eigenvalue weighted by Crippen LogP contribution is -2.46. The molecule has 0 saturated carbocycles. The molecule has 142 valence electrons. The quantitative estimate of drug-likeness (QED) is 0.816. The SMILES string of the molecule is O=C(O)[C@@H]1[C@H]2C=C[C@]3(O2)[C@H]1C(=O)N(Cc1ccccc1)[C@@H]3Cc1ccccc1. The predicted octanol–water partition coefficient (Wildman–Crippen LogP) is 2.66. The van der Waals surface area contributed by atoms with Crippen molar-refractivity contribution in [1.29, 1.82) is 0 Å². The number of carbonyl (C=O) groups is 2. The van der Waals surface area contributed by atoms with E-state index in [1.54, 1.807) is 0 Å². The second kappa shape index (κ2) is 6.31. The van der Waals surface area contributed by atoms with Crippen LogP contribution in [0.5, 0.6) is 0 Å². The second-order valence-electron chi connectivity index (χ2n) is 7.79. The Kier molecular flexibility index (Phi) is 3.88. The summed E-state index contributed by atoms with van der Waals surface area (Å²) in [7, 11) is 0. The molecule has 5 nitrogen and oxygen atoms in total. The van der Waals surface area contributed by atoms with Gasteiger partial charge in [0.1, 0.15) is 11.5 Å². The van der Waals surface area contributed by atoms with Gasteiger partial charge in [-0.2, -0.15) is 0 Å². The largest absolute Gasteiger partial charge is 0.481 e. The van der Waals surface area contributed by atoms with Crippen molar-refractivity contribution in [3.8, 4) is 0 Å². The van der Waals surface area contributed by atoms with Gasteiger partial charge >= 0.3 is 5.97 Å². The molecule has 28 heavy (non-hydrogen) atoms. The summed E-state index contributed by atoms with van der Waals surface area (Å²) in [6.07, 6.45) is 3.87. The molecular formula is C23H21NO4. The summed E-state index contributed by atoms with van der Waals surface area (Å²) in [5.74, 6) is -2.58. The van der Waals surface area contributed by atoms with E-state index >= 15 is 0 Å². The molecule has 2 fully saturated rings. The average Bonchev–Trinajstić information content (AvgIpc) is 3.34. The molecule has 2 aromatic carbocycles. The Morgan fingerprint density at radius 1 is 1.04 bits per heavy atom. The number of hydrogen-bond donors (Lipinski definition) is 1. The van der Waals surface area contributed by atoms with Crippen molar-refractivity contribution in [3.63, 3.8) is 0 Å². The van der Waals surface area contributed by atoms with Crippen molar-refractivity contribution in [2.24, 2.45) is 11.8 Å². The third kappa shape index (κ3) is 2.43. The van der Waals surface area contributed by atoms with Gasteiger partial charge in [0.05, 0.1) is 18.1 Å². The van der Waals surface area contributed by atoms with Crippen LogP contribution in [0, 0.1) is 11.8 Å². The van der Waals surface area contributed by atoms with E-state index < -0.39 is 29.5 Å². The first-order valence-electron chi connectivity index (χ1n) is 9.58. The third-order valence-corrected chi connectivity index (χ3v) is 6.28. The van der Waals surface area contributed by atoms with Gasteiger partial charge in [-0.25, -0.2) is 0 Å². The summed E-state index contributed by atoms with van der Waals surface area (Å²) in [6.45, 7) is 0.448. The van der Waals surface area contributed by atoms with Crippen molar-refractivity contribution < 1.29 is 19.4 Å². The normalized spacial score (nSPS) is 32.7. The Morgan fingerprint density at radius 3 is 2.32 bits per heavy atom. The molecule has 5 heteroatoms. The zero-order chi connectivity index (χ0) is 19.3. The molecule has 1 amide bonds. The highest BCUT2D eigenvalue weighted by atomic mass is 16.5. The number of carboxylic acid groups (broad SMARTS) is 1. The van der Waals surface area contributed by atoms with Gasteiger partial charge in [0.15, 0.2) is 0 Å². The molecule has 0 radical (unpaired) electrons. The molecule has 0 aromatic heterocycles. The topological polar surface area (TPSA) is 66.8 Å². The van der Waals surface area contributed by atoms with Crippen LogP contribution in [0.2, 0.25) is 0 Å². The number of hydrogen-bond acceptors (Lipinski definition) is 3. The van der Waals surface area contributed by atoms with Crippen molar-refractivity contribution in [1.82, 2.24) is 4.90 Å². The maximum atomic E-state index is 13.4. The summed E-state index contributed by atoms with van der Waals surface area (Å²) < 4.78 is 6.23. The highest BCUT2D eigenvalue weighted by Crippen LogP contribution is 2.55. The molecule has 3 aliphatic heterocycles. The van der Waals surface area contributed by atoms with E-state index in [1.807, 2.05) is 77.7 Å². The van der Waals surface area contributed by atoms with Crippen LogP contribution in [-0.4, -0.2) is 39.6 Å². The van der Waals surface area contributed by atoms with Gasteiger partial charge in [0.25, 0.3) is 0 Å². The number of carboxylic acids is 1. The number of carbonyl (C=O) groups excluding carboxylic acids is 1. The van der Waals surface area contributed by atoms with E-state index in [0.29, 0.717) is 13.0 Å². The van der Waals surface area contributed by atoms with Crippen LogP contribution in [0.25, 0.3) is 0 Å². The molecule has 2 saturated heterocycles. The molecule has 0 unspecified atom stereocenters. The second-order valence-corrected chi connectivity index (χ2v) is 7.79. The zero-order valence-corrected chi connectivity index (χ0v) is 15.3. The molecule has 5 atom stereocenters. The lowest BCUT2D eigenvalue weighted by Gasteiger charge is -2.33. The fourth-order valence-corrected chi connectivity index (χ4v) is 5.08. The van der Waals surface area contributed by atoms with Crippen LogP contribution in [-0.2, 0) is 27.3 Å². The lowest BCUT2D eigenvalue weighted by molar-refractivity contribution is -0.148. The van der Waals surface area contributed by atoms with Gasteiger partial charge in [0.2, 0.25) is 5.91 Å². The molecule has 2 bridgehead atoms. The van der Waals surface area contributed by atoms with Crippen molar-refractivity contribution in [2.45, 2.75) is 30.7 Å². The fraction of sp³-hybridized carbons (Fsp3) is 0.304. The number of rotatable bonds is 5. The van der Waals surface area contributed by atoms with E-state index in [1.165, 1.54) is 0 Å². The molecule has 5 rings (SSSR count). The summed E-state index contributed by atoms with van der Waals surface area (Å²) in [5.41, 5.74) is 1.26. The standard InChI is InChI=1S/C23H21NO4/c25-21-20-19(22(26)27)17-11-12-23(20,28-17)18(13-15-7-3-1-4-8-15)24(21)14-16-9-5-2-6-10-16/h1-12,17-20H,13-14H2,(H,26,27)/t17-,18-,19-,20-,23-/m1/s1. The summed E-state index contributed by atoms with van der Waals surface area (Å²) in [5, 5.41) is 9.76. The monoisotopic (exact) mass is 375 g/mol. The number of ether oxygens (including phenoxy) is 1. The number of benzene rings is 2. The smallest absolute Gasteiger partial charge is 0.310 e. The van der Waals surface area contributed by atoms with E-state index in [-0.39, 0.29) is 11.9 Å². The fourth-order valence-electron chi connectivity index (χ4n) is 5.08. The zero-order valence-electron chi connectivity index (χ0n) is 15.3. The first kappa shape index (κ1) is 17.2. The molecular weight excluding hydrogens is 354 g/mol. The van der Waals surface area contributed by atoms with Crippen LogP contribution in [0.15, 0.2) is 72.8 Å². The van der Waals surface area contributed by atoms with Gasteiger partial charge in [-0.1, -0.05) is 72.8 Å². The Balaban J connectivity index is 1.56. The van der Waals surface area contributed by atoms with Crippen LogP contribution >= 0.6 is 0 Å². The minimum atomic E-state index is -0.963. The maximum Gasteiger partial charge on any atom is 0.310 e. The Morgan fingerprint density at radius 2 is 1.68 bits per heavy atom. The number of aliphatic carboxylic acids is 1. The van der Waals surface area contributed by atoms with Crippen molar-refractivity contribution >= 4 is 11.9 Å². The average molecular weight is 375 g/mol. The molecule has 3 aliphatic rings. The number of amides is 1. The van der Waals surface area contributed by atoms with Gasteiger partial charge in [-0.3, -0.25) is 9.59 Å². The van der Waals surface area contributed by atoms with Crippen molar-refractivity contribution in [3.05, 3.63) is 83.9 Å². The first-order valence-corrected chi connectivity index (χ1v) is 9.58. The van der Waals surface area contributed by atoms with E-state index in [0.717, 1.165) is 11.1 Å². The van der Waals surface area contributed by atoms with Crippen LogP contribution < -0.4 is 0 Å². The Hall–Kier alpha value is -2.92. The van der Waals surface area contributed by atoms with Crippen molar-refractivity contribution in [2.75, 3.05) is 0 Å². The van der Waals surface area contributed by atoms with Crippen LogP contribution in [0.3, 0.4) is 0 Å². The molecule has 3 heterocycles. The highest BCUT2D eigenvalue weighted by molar-refractivity contribution is 5.91. The van der Waals surface area contributed by atoms with Gasteiger partial charge < -0.3 is 14.7 Å². The van der Waals surface area contributed by atoms with E-state index in [9.17, 15) is 14.7 Å². The number of fused-ring (bicyclic) bond motifs is 1.